The Balaban J connectivity index is -0.000000101. The first-order valence-electron chi connectivity index (χ1n) is 2.05. The van der Waals surface area contributed by atoms with E-state index < -0.39 is 8.25 Å². The van der Waals surface area contributed by atoms with Gasteiger partial charge < -0.3 is 0 Å². The standard InChI is InChI=1S/C4H4S.2ClH.H2O3P/c1-2-4-5-3-1;;;1-4(2)3/h1-4H;2*1H;(H2,1,2,3). The molecule has 67 valence electrons. The zero-order valence-electron chi connectivity index (χ0n) is 5.28. The van der Waals surface area contributed by atoms with Crippen molar-refractivity contribution < 1.29 is 14.4 Å². The van der Waals surface area contributed by atoms with Gasteiger partial charge in [-0.25, -0.2) is 4.57 Å². The van der Waals surface area contributed by atoms with E-state index in [0.29, 0.717) is 0 Å². The molecule has 7 heteroatoms. The van der Waals surface area contributed by atoms with E-state index in [2.05, 4.69) is 0 Å². The summed E-state index contributed by atoms with van der Waals surface area (Å²) in [6, 6.07) is 4.04. The molecular formula is C4H8Cl2O3PS. The fraction of sp³-hybridized carbons (Fsp3) is 0. The van der Waals surface area contributed by atoms with Crippen LogP contribution in [-0.2, 0) is 4.57 Å². The van der Waals surface area contributed by atoms with Crippen LogP contribution in [0.25, 0.3) is 0 Å². The minimum atomic E-state index is -2.87. The molecule has 1 aromatic heterocycles. The summed E-state index contributed by atoms with van der Waals surface area (Å²) in [6.07, 6.45) is 0. The summed E-state index contributed by atoms with van der Waals surface area (Å²) in [7, 11) is -2.87. The minimum Gasteiger partial charge on any atom is -0.298 e. The quantitative estimate of drug-likeness (QED) is 0.681. The fourth-order valence-corrected chi connectivity index (χ4v) is 0.680. The van der Waals surface area contributed by atoms with Gasteiger partial charge in [0.25, 0.3) is 0 Å². The van der Waals surface area contributed by atoms with E-state index in [1.807, 2.05) is 22.9 Å². The lowest BCUT2D eigenvalue weighted by Gasteiger charge is -1.57. The first-order valence-corrected chi connectivity index (χ1v) is 4.16. The van der Waals surface area contributed by atoms with Crippen molar-refractivity contribution in [2.24, 2.45) is 0 Å². The molecule has 0 aliphatic heterocycles. The zero-order valence-corrected chi connectivity index (χ0v) is 8.63. The topological polar surface area (TPSA) is 57.5 Å². The Morgan fingerprint density at radius 3 is 1.45 bits per heavy atom. The first kappa shape index (κ1) is 17.4. The average Bonchev–Trinajstić information content (AvgIpc) is 2.11. The van der Waals surface area contributed by atoms with Crippen LogP contribution >= 0.6 is 44.4 Å². The average molecular weight is 238 g/mol. The predicted octanol–water partition coefficient (Wildman–Crippen LogP) is 2.22. The molecule has 3 nitrogen and oxygen atoms in total. The van der Waals surface area contributed by atoms with E-state index in [9.17, 15) is 0 Å². The SMILES string of the molecule is Cl.Cl.O=[P](O)O.c1ccsc1. The molecule has 0 atom stereocenters. The third-order valence-electron chi connectivity index (χ3n) is 0.425. The Morgan fingerprint density at radius 1 is 1.09 bits per heavy atom. The molecule has 11 heavy (non-hydrogen) atoms. The highest BCUT2D eigenvalue weighted by atomic mass is 35.5. The van der Waals surface area contributed by atoms with Gasteiger partial charge in [-0.05, 0) is 10.8 Å². The Labute approximate surface area is 81.9 Å². The van der Waals surface area contributed by atoms with Gasteiger partial charge in [-0.2, -0.15) is 11.3 Å². The number of hydrogen-bond donors (Lipinski definition) is 2. The second-order valence-electron chi connectivity index (χ2n) is 1.05. The van der Waals surface area contributed by atoms with Gasteiger partial charge >= 0.3 is 8.25 Å². The Hall–Kier alpha value is 0.300. The van der Waals surface area contributed by atoms with E-state index >= 15 is 0 Å². The lowest BCUT2D eigenvalue weighted by Crippen LogP contribution is -1.38. The smallest absolute Gasteiger partial charge is 0.298 e. The van der Waals surface area contributed by atoms with Gasteiger partial charge in [0, 0.05) is 0 Å². The van der Waals surface area contributed by atoms with E-state index in [1.165, 1.54) is 0 Å². The molecule has 0 aliphatic rings. The first-order chi connectivity index (χ1) is 4.23. The largest absolute Gasteiger partial charge is 0.363 e. The summed E-state index contributed by atoms with van der Waals surface area (Å²) in [5, 5.41) is 4.08. The molecule has 0 amide bonds. The van der Waals surface area contributed by atoms with E-state index in [1.54, 1.807) is 11.3 Å². The minimum absolute atomic E-state index is 0. The maximum Gasteiger partial charge on any atom is 0.363 e. The number of rotatable bonds is 0. The van der Waals surface area contributed by atoms with Crippen molar-refractivity contribution >= 4 is 44.4 Å². The molecule has 0 fully saturated rings. The molecule has 1 rings (SSSR count). The van der Waals surface area contributed by atoms with Crippen LogP contribution in [0.4, 0.5) is 0 Å². The maximum absolute atomic E-state index is 8.70. The highest BCUT2D eigenvalue weighted by Crippen LogP contribution is 1.98. The molecule has 2 N–H and O–H groups in total. The predicted molar refractivity (Wildman–Crippen MR) is 50.9 cm³/mol. The van der Waals surface area contributed by atoms with Crippen molar-refractivity contribution in [2.45, 2.75) is 0 Å². The third-order valence-corrected chi connectivity index (χ3v) is 1.05. The van der Waals surface area contributed by atoms with Crippen molar-refractivity contribution in [3.63, 3.8) is 0 Å². The number of hydrogen-bond acceptors (Lipinski definition) is 2. The van der Waals surface area contributed by atoms with Gasteiger partial charge in [-0.15, -0.1) is 24.8 Å². The van der Waals surface area contributed by atoms with Crippen LogP contribution < -0.4 is 0 Å². The second-order valence-corrected chi connectivity index (χ2v) is 2.37. The van der Waals surface area contributed by atoms with Gasteiger partial charge in [0.15, 0.2) is 0 Å². The molecule has 0 saturated heterocycles. The molecule has 0 aliphatic carbocycles. The summed E-state index contributed by atoms with van der Waals surface area (Å²) in [5.74, 6) is 0. The Morgan fingerprint density at radius 2 is 1.36 bits per heavy atom. The van der Waals surface area contributed by atoms with E-state index in [4.69, 9.17) is 14.4 Å². The summed E-state index contributed by atoms with van der Waals surface area (Å²) in [4.78, 5) is 14.2. The van der Waals surface area contributed by atoms with Crippen molar-refractivity contribution in [3.8, 4) is 0 Å². The van der Waals surface area contributed by atoms with Gasteiger partial charge in [0.1, 0.15) is 0 Å². The summed E-state index contributed by atoms with van der Waals surface area (Å²) < 4.78 is 8.70. The molecular weight excluding hydrogens is 230 g/mol. The van der Waals surface area contributed by atoms with Gasteiger partial charge in [0.2, 0.25) is 0 Å². The lowest BCUT2D eigenvalue weighted by atomic mass is 10.7. The van der Waals surface area contributed by atoms with E-state index in [0.717, 1.165) is 0 Å². The van der Waals surface area contributed by atoms with Crippen LogP contribution in [0.5, 0.6) is 0 Å². The monoisotopic (exact) mass is 237 g/mol. The highest BCUT2D eigenvalue weighted by Gasteiger charge is 1.65. The Kier molecular flexibility index (Phi) is 20.5. The Bertz CT molecular complexity index is 137. The molecule has 1 radical (unpaired) electrons. The van der Waals surface area contributed by atoms with Crippen LogP contribution in [0.15, 0.2) is 22.9 Å². The van der Waals surface area contributed by atoms with Crippen LogP contribution in [-0.4, -0.2) is 9.79 Å². The summed E-state index contributed by atoms with van der Waals surface area (Å²) in [5.41, 5.74) is 0. The maximum atomic E-state index is 8.70. The van der Waals surface area contributed by atoms with Gasteiger partial charge in [-0.3, -0.25) is 9.79 Å². The number of halogens is 2. The van der Waals surface area contributed by atoms with Crippen LogP contribution in [0.3, 0.4) is 0 Å². The van der Waals surface area contributed by atoms with E-state index in [-0.39, 0.29) is 24.8 Å². The van der Waals surface area contributed by atoms with Crippen molar-refractivity contribution in [1.82, 2.24) is 0 Å². The second kappa shape index (κ2) is 12.9. The zero-order chi connectivity index (χ0) is 7.11. The van der Waals surface area contributed by atoms with Crippen LogP contribution in [0.1, 0.15) is 0 Å². The van der Waals surface area contributed by atoms with Gasteiger partial charge in [0.05, 0.1) is 0 Å². The van der Waals surface area contributed by atoms with Crippen LogP contribution in [0, 0.1) is 0 Å². The van der Waals surface area contributed by atoms with Gasteiger partial charge in [-0.1, -0.05) is 12.1 Å². The summed E-state index contributed by atoms with van der Waals surface area (Å²) in [6.45, 7) is 0. The molecule has 0 saturated carbocycles. The summed E-state index contributed by atoms with van der Waals surface area (Å²) >= 11 is 1.71. The fourth-order valence-electron chi connectivity index (χ4n) is 0.227. The van der Waals surface area contributed by atoms with Crippen molar-refractivity contribution in [3.05, 3.63) is 22.9 Å². The molecule has 0 unspecified atom stereocenters. The molecule has 1 heterocycles. The van der Waals surface area contributed by atoms with Crippen molar-refractivity contribution in [2.75, 3.05) is 0 Å². The normalized spacial score (nSPS) is 6.00. The highest BCUT2D eigenvalue weighted by molar-refractivity contribution is 7.30. The molecule has 0 bridgehead atoms. The molecule has 1 aromatic rings. The number of thiophene rings is 1. The molecule has 0 aromatic carbocycles. The molecule has 0 spiro atoms. The van der Waals surface area contributed by atoms with Crippen molar-refractivity contribution in [1.29, 1.82) is 0 Å². The van der Waals surface area contributed by atoms with Crippen LogP contribution in [0.2, 0.25) is 0 Å². The lowest BCUT2D eigenvalue weighted by molar-refractivity contribution is 0.405. The third kappa shape index (κ3) is 25.3.